The van der Waals surface area contributed by atoms with Crippen molar-refractivity contribution in [3.05, 3.63) is 49.6 Å². The van der Waals surface area contributed by atoms with Crippen LogP contribution in [-0.2, 0) is 6.54 Å². The minimum atomic E-state index is -0.227. The van der Waals surface area contributed by atoms with Crippen LogP contribution < -0.4 is 11.1 Å². The number of nitrogens with one attached hydrogen (secondary N) is 1. The molecule has 94 valence electrons. The molecule has 0 saturated heterocycles. The quantitative estimate of drug-likeness (QED) is 0.834. The van der Waals surface area contributed by atoms with Gasteiger partial charge in [-0.25, -0.2) is 0 Å². The first-order valence-corrected chi connectivity index (χ1v) is 7.18. The summed E-state index contributed by atoms with van der Waals surface area (Å²) in [5.41, 5.74) is 6.56. The number of hydrogen-bond donors (Lipinski definition) is 2. The Balaban J connectivity index is 2.08. The summed E-state index contributed by atoms with van der Waals surface area (Å²) < 4.78 is 0.992. The predicted octanol–water partition coefficient (Wildman–Crippen LogP) is 3.68. The van der Waals surface area contributed by atoms with Crippen molar-refractivity contribution in [2.75, 3.05) is 5.73 Å². The third kappa shape index (κ3) is 3.04. The fourth-order valence-corrected chi connectivity index (χ4v) is 3.04. The summed E-state index contributed by atoms with van der Waals surface area (Å²) in [4.78, 5) is 13.0. The van der Waals surface area contributed by atoms with E-state index >= 15 is 0 Å². The summed E-state index contributed by atoms with van der Waals surface area (Å²) in [5, 5.41) is 5.26. The molecule has 1 aromatic carbocycles. The van der Waals surface area contributed by atoms with Crippen molar-refractivity contribution in [1.82, 2.24) is 5.32 Å². The van der Waals surface area contributed by atoms with Gasteiger partial charge in [0.15, 0.2) is 0 Å². The number of amides is 1. The van der Waals surface area contributed by atoms with Gasteiger partial charge in [-0.3, -0.25) is 4.79 Å². The van der Waals surface area contributed by atoms with E-state index in [0.29, 0.717) is 22.8 Å². The van der Waals surface area contributed by atoms with Gasteiger partial charge in [0.05, 0.1) is 12.1 Å². The van der Waals surface area contributed by atoms with Crippen molar-refractivity contribution < 1.29 is 4.79 Å². The fourth-order valence-electron chi connectivity index (χ4n) is 1.43. The molecule has 0 radical (unpaired) electrons. The number of carbonyl (C=O) groups excluding carboxylic acids is 1. The summed E-state index contributed by atoms with van der Waals surface area (Å²) in [6.45, 7) is 0.461. The highest BCUT2D eigenvalue weighted by atomic mass is 79.9. The Hall–Kier alpha value is -1.04. The average Bonchev–Trinajstić information content (AvgIpc) is 2.75. The average molecular weight is 346 g/mol. The van der Waals surface area contributed by atoms with Crippen LogP contribution in [-0.4, -0.2) is 5.91 Å². The molecule has 1 heterocycles. The highest BCUT2D eigenvalue weighted by Gasteiger charge is 2.11. The maximum Gasteiger partial charge on any atom is 0.253 e. The van der Waals surface area contributed by atoms with Gasteiger partial charge in [0, 0.05) is 20.1 Å². The van der Waals surface area contributed by atoms with Crippen LogP contribution in [0.25, 0.3) is 0 Å². The van der Waals surface area contributed by atoms with Crippen molar-refractivity contribution >= 4 is 50.5 Å². The Bertz CT molecular complexity index is 585. The molecule has 0 fully saturated rings. The maximum absolute atomic E-state index is 12.0. The molecule has 0 aliphatic heterocycles. The third-order valence-electron chi connectivity index (χ3n) is 2.36. The van der Waals surface area contributed by atoms with E-state index < -0.39 is 0 Å². The van der Waals surface area contributed by atoms with E-state index in [0.717, 1.165) is 9.35 Å². The van der Waals surface area contributed by atoms with Crippen LogP contribution >= 0.6 is 38.9 Å². The maximum atomic E-state index is 12.0. The van der Waals surface area contributed by atoms with Gasteiger partial charge in [-0.05, 0) is 45.6 Å². The van der Waals surface area contributed by atoms with Gasteiger partial charge in [-0.15, -0.1) is 11.3 Å². The summed E-state index contributed by atoms with van der Waals surface area (Å²) in [7, 11) is 0. The third-order valence-corrected chi connectivity index (χ3v) is 4.52. The van der Waals surface area contributed by atoms with Crippen molar-refractivity contribution in [2.24, 2.45) is 0 Å². The summed E-state index contributed by atoms with van der Waals surface area (Å²) in [6, 6.07) is 6.79. The lowest BCUT2D eigenvalue weighted by atomic mass is 10.1. The van der Waals surface area contributed by atoms with E-state index in [1.54, 1.807) is 29.5 Å². The summed E-state index contributed by atoms with van der Waals surface area (Å²) in [6.07, 6.45) is 0. The van der Waals surface area contributed by atoms with E-state index in [-0.39, 0.29) is 5.91 Å². The standard InChI is InChI=1S/C12H10BrClN2OS/c13-9-3-4-18-11(9)6-16-12(17)8-5-7(14)1-2-10(8)15/h1-5H,6,15H2,(H,16,17). The van der Waals surface area contributed by atoms with E-state index in [4.69, 9.17) is 17.3 Å². The fraction of sp³-hybridized carbons (Fsp3) is 0.0833. The largest absolute Gasteiger partial charge is 0.398 e. The topological polar surface area (TPSA) is 55.1 Å². The van der Waals surface area contributed by atoms with Gasteiger partial charge >= 0.3 is 0 Å². The Labute approximate surface area is 122 Å². The zero-order chi connectivity index (χ0) is 13.1. The lowest BCUT2D eigenvalue weighted by Gasteiger charge is -2.07. The minimum absolute atomic E-state index is 0.227. The van der Waals surface area contributed by atoms with E-state index in [9.17, 15) is 4.79 Å². The summed E-state index contributed by atoms with van der Waals surface area (Å²) in [5.74, 6) is -0.227. The first-order valence-electron chi connectivity index (χ1n) is 5.13. The molecule has 18 heavy (non-hydrogen) atoms. The molecule has 2 aromatic rings. The minimum Gasteiger partial charge on any atom is -0.398 e. The molecule has 3 N–H and O–H groups in total. The van der Waals surface area contributed by atoms with E-state index in [1.165, 1.54) is 0 Å². The number of hydrogen-bond acceptors (Lipinski definition) is 3. The van der Waals surface area contributed by atoms with Crippen molar-refractivity contribution in [3.63, 3.8) is 0 Å². The number of nitrogens with two attached hydrogens (primary N) is 1. The van der Waals surface area contributed by atoms with Crippen LogP contribution in [0.15, 0.2) is 34.1 Å². The van der Waals surface area contributed by atoms with Gasteiger partial charge in [0.1, 0.15) is 0 Å². The first kappa shape index (κ1) is 13.4. The predicted molar refractivity (Wildman–Crippen MR) is 79.1 cm³/mol. The molecule has 1 aromatic heterocycles. The molecular weight excluding hydrogens is 336 g/mol. The zero-order valence-corrected chi connectivity index (χ0v) is 12.4. The number of rotatable bonds is 3. The van der Waals surface area contributed by atoms with Gasteiger partial charge < -0.3 is 11.1 Å². The molecule has 6 heteroatoms. The molecule has 2 rings (SSSR count). The molecule has 0 atom stereocenters. The highest BCUT2D eigenvalue weighted by molar-refractivity contribution is 9.10. The van der Waals surface area contributed by atoms with Gasteiger partial charge in [-0.1, -0.05) is 11.6 Å². The monoisotopic (exact) mass is 344 g/mol. The number of thiophene rings is 1. The van der Waals surface area contributed by atoms with Crippen LogP contribution in [0.4, 0.5) is 5.69 Å². The highest BCUT2D eigenvalue weighted by Crippen LogP contribution is 2.23. The zero-order valence-electron chi connectivity index (χ0n) is 9.24. The molecule has 3 nitrogen and oxygen atoms in total. The Kier molecular flexibility index (Phi) is 4.27. The Morgan fingerprint density at radius 2 is 2.22 bits per heavy atom. The lowest BCUT2D eigenvalue weighted by molar-refractivity contribution is 0.0952. The second-order valence-corrected chi connectivity index (χ2v) is 5.90. The smallest absolute Gasteiger partial charge is 0.253 e. The number of carbonyl (C=O) groups is 1. The van der Waals surface area contributed by atoms with Gasteiger partial charge in [0.25, 0.3) is 5.91 Å². The second kappa shape index (κ2) is 5.73. The van der Waals surface area contributed by atoms with Crippen LogP contribution in [0.2, 0.25) is 5.02 Å². The van der Waals surface area contributed by atoms with E-state index in [2.05, 4.69) is 21.2 Å². The van der Waals surface area contributed by atoms with Crippen molar-refractivity contribution in [1.29, 1.82) is 0 Å². The van der Waals surface area contributed by atoms with Crippen LogP contribution in [0.1, 0.15) is 15.2 Å². The Morgan fingerprint density at radius 1 is 1.44 bits per heavy atom. The second-order valence-electron chi connectivity index (χ2n) is 3.61. The molecule has 0 bridgehead atoms. The van der Waals surface area contributed by atoms with Crippen molar-refractivity contribution in [2.45, 2.75) is 6.54 Å². The molecule has 0 aliphatic rings. The molecular formula is C12H10BrClN2OS. The van der Waals surface area contributed by atoms with Crippen LogP contribution in [0.3, 0.4) is 0 Å². The van der Waals surface area contributed by atoms with Crippen molar-refractivity contribution in [3.8, 4) is 0 Å². The number of nitrogen functional groups attached to an aromatic ring is 1. The number of benzene rings is 1. The van der Waals surface area contributed by atoms with Crippen LogP contribution in [0.5, 0.6) is 0 Å². The van der Waals surface area contributed by atoms with Crippen LogP contribution in [0, 0.1) is 0 Å². The molecule has 0 spiro atoms. The number of anilines is 1. The molecule has 0 saturated carbocycles. The van der Waals surface area contributed by atoms with E-state index in [1.807, 2.05) is 11.4 Å². The SMILES string of the molecule is Nc1ccc(Cl)cc1C(=O)NCc1sccc1Br. The Morgan fingerprint density at radius 3 is 2.89 bits per heavy atom. The lowest BCUT2D eigenvalue weighted by Crippen LogP contribution is -2.23. The number of halogens is 2. The van der Waals surface area contributed by atoms with Gasteiger partial charge in [0.2, 0.25) is 0 Å². The normalized spacial score (nSPS) is 10.3. The molecule has 1 amide bonds. The molecule has 0 aliphatic carbocycles. The van der Waals surface area contributed by atoms with Gasteiger partial charge in [-0.2, -0.15) is 0 Å². The first-order chi connectivity index (χ1) is 8.58. The molecule has 0 unspecified atom stereocenters. The summed E-state index contributed by atoms with van der Waals surface area (Å²) >= 11 is 10.8.